The molecule has 2 aromatic carbocycles. The van der Waals surface area contributed by atoms with Crippen molar-refractivity contribution >= 4 is 11.4 Å². The summed E-state index contributed by atoms with van der Waals surface area (Å²) in [6.07, 6.45) is -8.31. The molecule has 0 spiro atoms. The van der Waals surface area contributed by atoms with Gasteiger partial charge in [-0.3, -0.25) is 0 Å². The lowest BCUT2D eigenvalue weighted by Gasteiger charge is -2.25. The molecule has 4 nitrogen and oxygen atoms in total. The monoisotopic (exact) mass is 425 g/mol. The van der Waals surface area contributed by atoms with Crippen molar-refractivity contribution in [2.75, 3.05) is 11.4 Å². The zero-order valence-corrected chi connectivity index (χ0v) is 15.1. The number of benzene rings is 2. The number of oxazole rings is 1. The Morgan fingerprint density at radius 1 is 1.00 bits per heavy atom. The molecule has 10 heteroatoms. The van der Waals surface area contributed by atoms with Crippen LogP contribution in [0.5, 0.6) is 0 Å². The molecule has 156 valence electrons. The molecule has 0 aliphatic heterocycles. The van der Waals surface area contributed by atoms with Gasteiger partial charge in [0.15, 0.2) is 5.69 Å². The molecule has 3 rings (SSSR count). The number of aromatic nitrogens is 1. The SMILES string of the molecule is [C-]#[N+]c1ccc(N(Cc2nc(-c3ccccc3)co2)CC(F)(F)F)cc1C(F)(F)F. The minimum absolute atomic E-state index is 0.0964. The zero-order chi connectivity index (χ0) is 21.9. The predicted octanol–water partition coefficient (Wildman–Crippen LogP) is 6.48. The van der Waals surface area contributed by atoms with E-state index >= 15 is 0 Å². The molecule has 0 fully saturated rings. The normalized spacial score (nSPS) is 11.9. The highest BCUT2D eigenvalue weighted by Gasteiger charge is 2.36. The van der Waals surface area contributed by atoms with E-state index in [2.05, 4.69) is 9.83 Å². The van der Waals surface area contributed by atoms with Gasteiger partial charge in [-0.2, -0.15) is 26.3 Å². The number of anilines is 1. The lowest BCUT2D eigenvalue weighted by atomic mass is 10.1. The van der Waals surface area contributed by atoms with Crippen molar-refractivity contribution in [2.45, 2.75) is 18.9 Å². The summed E-state index contributed by atoms with van der Waals surface area (Å²) >= 11 is 0. The number of nitrogens with zero attached hydrogens (tertiary/aromatic N) is 3. The fourth-order valence-corrected chi connectivity index (χ4v) is 2.79. The minimum Gasteiger partial charge on any atom is -0.446 e. The van der Waals surface area contributed by atoms with Crippen LogP contribution in [0.2, 0.25) is 0 Å². The Morgan fingerprint density at radius 2 is 1.70 bits per heavy atom. The lowest BCUT2D eigenvalue weighted by molar-refractivity contribution is -0.136. The molecule has 0 aliphatic rings. The van der Waals surface area contributed by atoms with Crippen LogP contribution in [-0.4, -0.2) is 17.7 Å². The van der Waals surface area contributed by atoms with Crippen LogP contribution in [0.4, 0.5) is 37.7 Å². The van der Waals surface area contributed by atoms with E-state index in [4.69, 9.17) is 11.0 Å². The highest BCUT2D eigenvalue weighted by molar-refractivity contribution is 5.62. The zero-order valence-electron chi connectivity index (χ0n) is 15.1. The standard InChI is InChI=1S/C20H13F6N3O/c1-27-16-8-7-14(9-15(16)20(24,25)26)29(12-19(21,22)23)10-18-28-17(11-30-18)13-5-3-2-4-6-13/h2-9,11H,10,12H2. The first-order valence-corrected chi connectivity index (χ1v) is 8.47. The molecule has 0 saturated carbocycles. The van der Waals surface area contributed by atoms with Gasteiger partial charge in [-0.15, -0.1) is 0 Å². The molecule has 0 aliphatic carbocycles. The first-order chi connectivity index (χ1) is 14.1. The van der Waals surface area contributed by atoms with Gasteiger partial charge < -0.3 is 9.32 Å². The van der Waals surface area contributed by atoms with E-state index in [9.17, 15) is 26.3 Å². The van der Waals surface area contributed by atoms with Crippen LogP contribution in [0.1, 0.15) is 11.5 Å². The van der Waals surface area contributed by atoms with Crippen LogP contribution in [0.15, 0.2) is 59.2 Å². The van der Waals surface area contributed by atoms with Crippen molar-refractivity contribution in [3.05, 3.63) is 77.7 Å². The molecule has 1 aromatic heterocycles. The van der Waals surface area contributed by atoms with Gasteiger partial charge in [-0.25, -0.2) is 9.83 Å². The van der Waals surface area contributed by atoms with Crippen molar-refractivity contribution in [2.24, 2.45) is 0 Å². The summed E-state index contributed by atoms with van der Waals surface area (Å²) in [5, 5.41) is 0. The van der Waals surface area contributed by atoms with E-state index in [0.717, 1.165) is 12.1 Å². The molecule has 0 saturated heterocycles. The van der Waals surface area contributed by atoms with Gasteiger partial charge in [0.2, 0.25) is 5.89 Å². The Morgan fingerprint density at radius 3 is 2.30 bits per heavy atom. The second-order valence-corrected chi connectivity index (χ2v) is 6.27. The molecular weight excluding hydrogens is 412 g/mol. The van der Waals surface area contributed by atoms with Crippen molar-refractivity contribution in [1.29, 1.82) is 0 Å². The molecule has 0 N–H and O–H groups in total. The van der Waals surface area contributed by atoms with Crippen LogP contribution in [0, 0.1) is 6.57 Å². The van der Waals surface area contributed by atoms with Crippen LogP contribution in [-0.2, 0) is 12.7 Å². The maximum atomic E-state index is 13.2. The maximum absolute atomic E-state index is 13.2. The third kappa shape index (κ3) is 5.11. The number of hydrogen-bond donors (Lipinski definition) is 0. The van der Waals surface area contributed by atoms with Gasteiger partial charge in [-0.1, -0.05) is 36.4 Å². The molecule has 0 atom stereocenters. The topological polar surface area (TPSA) is 33.6 Å². The molecule has 1 heterocycles. The van der Waals surface area contributed by atoms with Crippen LogP contribution < -0.4 is 4.90 Å². The summed E-state index contributed by atoms with van der Waals surface area (Å²) in [5.74, 6) is -0.0964. The summed E-state index contributed by atoms with van der Waals surface area (Å²) in [5.41, 5.74) is -1.29. The van der Waals surface area contributed by atoms with E-state index < -0.39 is 36.7 Å². The average Bonchev–Trinajstić information content (AvgIpc) is 3.14. The summed E-state index contributed by atoms with van der Waals surface area (Å²) in [6.45, 7) is 4.82. The van der Waals surface area contributed by atoms with Crippen LogP contribution in [0.25, 0.3) is 16.1 Å². The number of alkyl halides is 6. The van der Waals surface area contributed by atoms with E-state index in [1.165, 1.54) is 6.26 Å². The minimum atomic E-state index is -4.89. The van der Waals surface area contributed by atoms with E-state index in [1.54, 1.807) is 30.3 Å². The van der Waals surface area contributed by atoms with E-state index in [0.29, 0.717) is 22.2 Å². The molecule has 0 unspecified atom stereocenters. The third-order valence-corrected chi connectivity index (χ3v) is 4.09. The van der Waals surface area contributed by atoms with E-state index in [1.807, 2.05) is 0 Å². The largest absolute Gasteiger partial charge is 0.446 e. The van der Waals surface area contributed by atoms with Crippen LogP contribution >= 0.6 is 0 Å². The summed E-state index contributed by atoms with van der Waals surface area (Å²) in [6, 6.07) is 11.1. The number of hydrogen-bond acceptors (Lipinski definition) is 3. The van der Waals surface area contributed by atoms with Crippen molar-refractivity contribution < 1.29 is 30.8 Å². The number of rotatable bonds is 5. The molecule has 3 aromatic rings. The quantitative estimate of drug-likeness (QED) is 0.347. The fraction of sp³-hybridized carbons (Fsp3) is 0.200. The molecule has 0 amide bonds. The Balaban J connectivity index is 1.95. The molecular formula is C20H13F6N3O. The second-order valence-electron chi connectivity index (χ2n) is 6.27. The Bertz CT molecular complexity index is 1050. The van der Waals surface area contributed by atoms with Gasteiger partial charge >= 0.3 is 12.4 Å². The van der Waals surface area contributed by atoms with Gasteiger partial charge in [0, 0.05) is 11.3 Å². The molecule has 30 heavy (non-hydrogen) atoms. The van der Waals surface area contributed by atoms with Crippen molar-refractivity contribution in [1.82, 2.24) is 4.98 Å². The Kier molecular flexibility index (Phi) is 5.73. The lowest BCUT2D eigenvalue weighted by Crippen LogP contribution is -2.34. The predicted molar refractivity (Wildman–Crippen MR) is 96.8 cm³/mol. The van der Waals surface area contributed by atoms with Gasteiger partial charge in [0.1, 0.15) is 18.5 Å². The van der Waals surface area contributed by atoms with Gasteiger partial charge in [0.25, 0.3) is 0 Å². The van der Waals surface area contributed by atoms with Gasteiger partial charge in [-0.05, 0) is 12.1 Å². The number of halogens is 6. The summed E-state index contributed by atoms with van der Waals surface area (Å²) in [4.78, 5) is 7.60. The highest BCUT2D eigenvalue weighted by Crippen LogP contribution is 2.39. The molecule has 0 bridgehead atoms. The van der Waals surface area contributed by atoms with Crippen LogP contribution in [0.3, 0.4) is 0 Å². The van der Waals surface area contributed by atoms with Gasteiger partial charge in [0.05, 0.1) is 18.7 Å². The smallest absolute Gasteiger partial charge is 0.407 e. The Hall–Kier alpha value is -3.48. The summed E-state index contributed by atoms with van der Waals surface area (Å²) in [7, 11) is 0. The maximum Gasteiger partial charge on any atom is 0.407 e. The fourth-order valence-electron chi connectivity index (χ4n) is 2.79. The molecule has 0 radical (unpaired) electrons. The van der Waals surface area contributed by atoms with E-state index in [-0.39, 0.29) is 11.6 Å². The first kappa shape index (κ1) is 21.2. The highest BCUT2D eigenvalue weighted by atomic mass is 19.4. The van der Waals surface area contributed by atoms with Crippen molar-refractivity contribution in [3.63, 3.8) is 0 Å². The third-order valence-electron chi connectivity index (χ3n) is 4.09. The Labute approximate surface area is 167 Å². The first-order valence-electron chi connectivity index (χ1n) is 8.47. The second kappa shape index (κ2) is 8.10. The average molecular weight is 425 g/mol. The summed E-state index contributed by atoms with van der Waals surface area (Å²) < 4.78 is 84.1. The van der Waals surface area contributed by atoms with Crippen molar-refractivity contribution in [3.8, 4) is 11.3 Å².